The van der Waals surface area contributed by atoms with E-state index in [0.717, 1.165) is 109 Å². The number of esters is 3. The van der Waals surface area contributed by atoms with Gasteiger partial charge in [0.1, 0.15) is 13.2 Å². The smallest absolute Gasteiger partial charge is 0.306 e. The van der Waals surface area contributed by atoms with Gasteiger partial charge in [0.05, 0.1) is 0 Å². The van der Waals surface area contributed by atoms with Gasteiger partial charge in [0.2, 0.25) is 0 Å². The summed E-state index contributed by atoms with van der Waals surface area (Å²) in [6, 6.07) is 0. The zero-order chi connectivity index (χ0) is 52.2. The number of hydrogen-bond acceptors (Lipinski definition) is 6. The Morgan fingerprint density at radius 2 is 0.542 bits per heavy atom. The molecule has 0 heterocycles. The number of ether oxygens (including phenoxy) is 3. The quantitative estimate of drug-likeness (QED) is 0.0261. The Morgan fingerprint density at radius 1 is 0.292 bits per heavy atom. The van der Waals surface area contributed by atoms with Gasteiger partial charge in [-0.15, -0.1) is 0 Å². The molecule has 0 aromatic heterocycles. The van der Waals surface area contributed by atoms with E-state index in [4.69, 9.17) is 14.2 Å². The third-order valence-electron chi connectivity index (χ3n) is 13.1. The van der Waals surface area contributed by atoms with Crippen molar-refractivity contribution < 1.29 is 28.6 Å². The molecule has 0 saturated heterocycles. The molecule has 72 heavy (non-hydrogen) atoms. The predicted octanol–water partition coefficient (Wildman–Crippen LogP) is 20.7. The fourth-order valence-corrected chi connectivity index (χ4v) is 8.56. The van der Waals surface area contributed by atoms with Crippen molar-refractivity contribution in [2.75, 3.05) is 13.2 Å². The average Bonchev–Trinajstić information content (AvgIpc) is 3.38. The molecule has 0 saturated carbocycles. The van der Waals surface area contributed by atoms with E-state index in [0.29, 0.717) is 19.3 Å². The highest BCUT2D eigenvalue weighted by Gasteiger charge is 2.19. The molecule has 0 aromatic rings. The predicted molar refractivity (Wildman–Crippen MR) is 311 cm³/mol. The Morgan fingerprint density at radius 3 is 0.861 bits per heavy atom. The van der Waals surface area contributed by atoms with E-state index in [-0.39, 0.29) is 31.1 Å². The molecule has 414 valence electrons. The molecule has 6 heteroatoms. The fraction of sp³-hybridized carbons (Fsp3) is 0.742. The highest BCUT2D eigenvalue weighted by Crippen LogP contribution is 2.16. The molecule has 0 aromatic carbocycles. The molecule has 0 bridgehead atoms. The standard InChI is InChI=1S/C66H114O6/c1-4-7-10-13-16-18-20-22-24-26-28-30-32-33-35-36-38-40-42-44-46-48-50-53-56-59-65(68)71-62-63(61-70-64(67)58-55-52-15-12-9-6-3)72-66(69)60-57-54-51-49-47-45-43-41-39-37-34-31-29-27-25-23-21-19-17-14-11-8-5-2/h8,11,17,19,23,25-26,28-29,31,37,39,43,45,63H,4-7,9-10,12-16,18,20-22,24,27,30,32-36,38,40-42,44,46-62H2,1-3H3/b11-8-,19-17-,25-23-,28-26-,31-29-,39-37-,45-43-. The normalized spacial score (nSPS) is 12.7. The monoisotopic (exact) mass is 1000 g/mol. The van der Waals surface area contributed by atoms with Gasteiger partial charge in [-0.3, -0.25) is 14.4 Å². The number of allylic oxidation sites excluding steroid dienone is 14. The fourth-order valence-electron chi connectivity index (χ4n) is 8.56. The molecule has 1 unspecified atom stereocenters. The molecular formula is C66H114O6. The van der Waals surface area contributed by atoms with Gasteiger partial charge < -0.3 is 14.2 Å². The van der Waals surface area contributed by atoms with Crippen molar-refractivity contribution in [3.63, 3.8) is 0 Å². The van der Waals surface area contributed by atoms with E-state index in [1.807, 2.05) is 0 Å². The molecular weight excluding hydrogens is 889 g/mol. The zero-order valence-electron chi connectivity index (χ0n) is 47.4. The van der Waals surface area contributed by atoms with Crippen molar-refractivity contribution in [2.24, 2.45) is 0 Å². The van der Waals surface area contributed by atoms with Crippen molar-refractivity contribution in [1.82, 2.24) is 0 Å². The van der Waals surface area contributed by atoms with E-state index in [2.05, 4.69) is 106 Å². The molecule has 0 aliphatic rings. The number of hydrogen-bond donors (Lipinski definition) is 0. The van der Waals surface area contributed by atoms with Crippen LogP contribution in [0, 0.1) is 0 Å². The number of rotatable bonds is 55. The van der Waals surface area contributed by atoms with E-state index in [1.165, 1.54) is 148 Å². The summed E-state index contributed by atoms with van der Waals surface area (Å²) < 4.78 is 16.8. The molecule has 6 nitrogen and oxygen atoms in total. The van der Waals surface area contributed by atoms with Gasteiger partial charge in [-0.05, 0) is 96.3 Å². The lowest BCUT2D eigenvalue weighted by atomic mass is 10.0. The van der Waals surface area contributed by atoms with Gasteiger partial charge in [0.25, 0.3) is 0 Å². The van der Waals surface area contributed by atoms with Crippen LogP contribution >= 0.6 is 0 Å². The van der Waals surface area contributed by atoms with Gasteiger partial charge in [-0.25, -0.2) is 0 Å². The summed E-state index contributed by atoms with van der Waals surface area (Å²) in [4.78, 5) is 38.0. The van der Waals surface area contributed by atoms with Crippen LogP contribution in [0.4, 0.5) is 0 Å². The molecule has 0 N–H and O–H groups in total. The Bertz CT molecular complexity index is 1380. The van der Waals surface area contributed by atoms with Crippen LogP contribution in [0.25, 0.3) is 0 Å². The lowest BCUT2D eigenvalue weighted by Gasteiger charge is -2.18. The van der Waals surface area contributed by atoms with E-state index >= 15 is 0 Å². The molecule has 0 rings (SSSR count). The van der Waals surface area contributed by atoms with Crippen molar-refractivity contribution in [1.29, 1.82) is 0 Å². The van der Waals surface area contributed by atoms with Gasteiger partial charge in [0.15, 0.2) is 6.10 Å². The topological polar surface area (TPSA) is 78.9 Å². The third-order valence-corrected chi connectivity index (χ3v) is 13.1. The van der Waals surface area contributed by atoms with Gasteiger partial charge in [-0.1, -0.05) is 266 Å². The second-order valence-corrected chi connectivity index (χ2v) is 20.2. The van der Waals surface area contributed by atoms with E-state index in [9.17, 15) is 14.4 Å². The maximum absolute atomic E-state index is 12.8. The highest BCUT2D eigenvalue weighted by molar-refractivity contribution is 5.71. The summed E-state index contributed by atoms with van der Waals surface area (Å²) in [6.07, 6.45) is 79.1. The summed E-state index contributed by atoms with van der Waals surface area (Å²) in [5.74, 6) is -0.914. The van der Waals surface area contributed by atoms with Crippen molar-refractivity contribution in [2.45, 2.75) is 303 Å². The summed E-state index contributed by atoms with van der Waals surface area (Å²) >= 11 is 0. The maximum atomic E-state index is 12.8. The molecule has 0 amide bonds. The van der Waals surface area contributed by atoms with Crippen LogP contribution in [-0.4, -0.2) is 37.2 Å². The van der Waals surface area contributed by atoms with Gasteiger partial charge in [-0.2, -0.15) is 0 Å². The Kier molecular flexibility index (Phi) is 57.3. The first kappa shape index (κ1) is 68.6. The van der Waals surface area contributed by atoms with Gasteiger partial charge in [0, 0.05) is 19.3 Å². The first-order valence-corrected chi connectivity index (χ1v) is 30.6. The molecule has 1 atom stereocenters. The Hall–Kier alpha value is -3.41. The SMILES string of the molecule is CC/C=C\C/C=C\C/C=C\C/C=C\C/C=C\C/C=C\CCCCCCC(=O)OC(COC(=O)CCCCCCCC)COC(=O)CCCCCCCCCCCCCCC/C=C\CCCCCCCCCC. The largest absolute Gasteiger partial charge is 0.462 e. The minimum absolute atomic E-state index is 0.0857. The lowest BCUT2D eigenvalue weighted by molar-refractivity contribution is -0.167. The molecule has 0 spiro atoms. The van der Waals surface area contributed by atoms with Crippen LogP contribution in [0.1, 0.15) is 297 Å². The first-order valence-electron chi connectivity index (χ1n) is 30.6. The highest BCUT2D eigenvalue weighted by atomic mass is 16.6. The zero-order valence-corrected chi connectivity index (χ0v) is 47.4. The Balaban J connectivity index is 4.16. The second-order valence-electron chi connectivity index (χ2n) is 20.2. The maximum Gasteiger partial charge on any atom is 0.306 e. The van der Waals surface area contributed by atoms with Crippen molar-refractivity contribution in [3.8, 4) is 0 Å². The summed E-state index contributed by atoms with van der Waals surface area (Å²) in [5.41, 5.74) is 0. The summed E-state index contributed by atoms with van der Waals surface area (Å²) in [6.45, 7) is 6.46. The van der Waals surface area contributed by atoms with Crippen molar-refractivity contribution in [3.05, 3.63) is 85.1 Å². The van der Waals surface area contributed by atoms with Crippen molar-refractivity contribution >= 4 is 17.9 Å². The number of carbonyl (C=O) groups is 3. The molecule has 0 fully saturated rings. The van der Waals surface area contributed by atoms with E-state index < -0.39 is 6.10 Å². The molecule has 0 aliphatic carbocycles. The minimum Gasteiger partial charge on any atom is -0.462 e. The van der Waals surface area contributed by atoms with Gasteiger partial charge >= 0.3 is 17.9 Å². The van der Waals surface area contributed by atoms with Crippen LogP contribution in [0.2, 0.25) is 0 Å². The minimum atomic E-state index is -0.787. The number of unbranched alkanes of at least 4 members (excludes halogenated alkanes) is 30. The van der Waals surface area contributed by atoms with Crippen LogP contribution in [0.3, 0.4) is 0 Å². The summed E-state index contributed by atoms with van der Waals surface area (Å²) in [5, 5.41) is 0. The average molecular weight is 1000 g/mol. The molecule has 0 radical (unpaired) electrons. The third kappa shape index (κ3) is 57.5. The first-order chi connectivity index (χ1) is 35.5. The van der Waals surface area contributed by atoms with Crippen LogP contribution in [0.5, 0.6) is 0 Å². The number of carbonyl (C=O) groups excluding carboxylic acids is 3. The second kappa shape index (κ2) is 60.1. The summed E-state index contributed by atoms with van der Waals surface area (Å²) in [7, 11) is 0. The van der Waals surface area contributed by atoms with Crippen LogP contribution < -0.4 is 0 Å². The van der Waals surface area contributed by atoms with Crippen LogP contribution in [0.15, 0.2) is 85.1 Å². The molecule has 0 aliphatic heterocycles. The Labute approximate surface area is 445 Å². The van der Waals surface area contributed by atoms with E-state index in [1.54, 1.807) is 0 Å². The van der Waals surface area contributed by atoms with Crippen LogP contribution in [-0.2, 0) is 28.6 Å². The lowest BCUT2D eigenvalue weighted by Crippen LogP contribution is -2.30.